The van der Waals surface area contributed by atoms with Crippen LogP contribution in [0, 0.1) is 17.0 Å². The fourth-order valence-electron chi connectivity index (χ4n) is 3.15. The number of hydrogen-bond donors (Lipinski definition) is 4. The molecule has 12 heteroatoms. The largest absolute Gasteiger partial charge is 0.406 e. The van der Waals surface area contributed by atoms with Crippen LogP contribution in [0.2, 0.25) is 0 Å². The van der Waals surface area contributed by atoms with Crippen LogP contribution < -0.4 is 10.3 Å². The molecule has 3 heterocycles. The second-order valence-electron chi connectivity index (χ2n) is 6.52. The van der Waals surface area contributed by atoms with Gasteiger partial charge < -0.3 is 24.9 Å². The molecule has 154 valence electrons. The maximum Gasteiger partial charge on any atom is 0.192 e. The maximum atomic E-state index is 13.3. The molecule has 0 amide bonds. The van der Waals surface area contributed by atoms with E-state index in [9.17, 15) is 24.1 Å². The summed E-state index contributed by atoms with van der Waals surface area (Å²) in [6, 6.07) is 2.95. The summed E-state index contributed by atoms with van der Waals surface area (Å²) in [6.07, 6.45) is -2.19. The molecule has 0 saturated carbocycles. The monoisotopic (exact) mass is 409 g/mol. The van der Waals surface area contributed by atoms with Crippen LogP contribution in [0.1, 0.15) is 11.8 Å². The summed E-state index contributed by atoms with van der Waals surface area (Å²) in [5, 5.41) is 37.5. The first kappa shape index (κ1) is 19.4. The lowest BCUT2D eigenvalue weighted by Crippen LogP contribution is -2.33. The molecule has 29 heavy (non-hydrogen) atoms. The third-order valence-corrected chi connectivity index (χ3v) is 4.58. The predicted molar refractivity (Wildman–Crippen MR) is 91.0 cm³/mol. The molecule has 1 aromatic carbocycles. The van der Waals surface area contributed by atoms with Crippen molar-refractivity contribution in [3.63, 3.8) is 0 Å². The molecule has 0 aliphatic carbocycles. The zero-order chi connectivity index (χ0) is 20.7. The molecule has 1 fully saturated rings. The molecule has 1 saturated heterocycles. The van der Waals surface area contributed by atoms with Crippen molar-refractivity contribution < 1.29 is 33.7 Å². The minimum Gasteiger partial charge on any atom is -0.406 e. The fourth-order valence-corrected chi connectivity index (χ4v) is 3.15. The van der Waals surface area contributed by atoms with Gasteiger partial charge >= 0.3 is 0 Å². The lowest BCUT2D eigenvalue weighted by molar-refractivity contribution is -0.0511. The van der Waals surface area contributed by atoms with Gasteiger partial charge in [-0.1, -0.05) is 0 Å². The van der Waals surface area contributed by atoms with Crippen LogP contribution in [-0.4, -0.2) is 59.5 Å². The van der Waals surface area contributed by atoms with Gasteiger partial charge in [-0.2, -0.15) is 4.73 Å². The van der Waals surface area contributed by atoms with Crippen molar-refractivity contribution in [1.29, 1.82) is 5.41 Å². The van der Waals surface area contributed by atoms with Crippen molar-refractivity contribution >= 4 is 11.2 Å². The Hall–Kier alpha value is -2.93. The molecule has 1 aliphatic heterocycles. The van der Waals surface area contributed by atoms with Gasteiger partial charge in [0.15, 0.2) is 22.9 Å². The van der Waals surface area contributed by atoms with Gasteiger partial charge in [-0.3, -0.25) is 9.98 Å². The molecule has 1 aliphatic rings. The minimum absolute atomic E-state index is 0.107. The van der Waals surface area contributed by atoms with Crippen molar-refractivity contribution in [2.45, 2.75) is 31.1 Å². The van der Waals surface area contributed by atoms with E-state index in [1.807, 2.05) is 0 Å². The van der Waals surface area contributed by atoms with E-state index in [1.165, 1.54) is 17.2 Å². The van der Waals surface area contributed by atoms with Crippen molar-refractivity contribution in [2.75, 3.05) is 6.61 Å². The lowest BCUT2D eigenvalue weighted by Gasteiger charge is -2.16. The quantitative estimate of drug-likeness (QED) is 0.434. The summed E-state index contributed by atoms with van der Waals surface area (Å²) in [4.78, 5) is 13.6. The summed E-state index contributed by atoms with van der Waals surface area (Å²) < 4.78 is 34.3. The van der Waals surface area contributed by atoms with Crippen LogP contribution in [0.5, 0.6) is 0 Å². The van der Waals surface area contributed by atoms with Gasteiger partial charge in [-0.05, 0) is 17.7 Å². The molecule has 0 spiro atoms. The van der Waals surface area contributed by atoms with E-state index in [0.717, 1.165) is 22.9 Å². The number of nitrogens with zero attached hydrogens (tertiary/aromatic N) is 4. The topological polar surface area (TPSA) is 139 Å². The Labute approximate surface area is 161 Å². The van der Waals surface area contributed by atoms with Crippen LogP contribution in [0.15, 0.2) is 30.9 Å². The Morgan fingerprint density at radius 1 is 1.10 bits per heavy atom. The smallest absolute Gasteiger partial charge is 0.192 e. The molecular formula is C17H17F2N5O5. The van der Waals surface area contributed by atoms with E-state index in [1.54, 1.807) is 0 Å². The summed E-state index contributed by atoms with van der Waals surface area (Å²) in [5.74, 6) is -1.49. The number of imidazole rings is 1. The Kier molecular flexibility index (Phi) is 5.00. The number of hydrogen-bond acceptors (Lipinski definition) is 8. The zero-order valence-electron chi connectivity index (χ0n) is 14.8. The average molecular weight is 409 g/mol. The highest BCUT2D eigenvalue weighted by Crippen LogP contribution is 2.30. The number of nitrogens with one attached hydrogen (secondary N) is 1. The highest BCUT2D eigenvalue weighted by atomic mass is 19.1. The van der Waals surface area contributed by atoms with Gasteiger partial charge in [0.2, 0.25) is 0 Å². The number of aliphatic hydroxyl groups excluding tert-OH is 3. The average Bonchev–Trinajstić information content (AvgIpc) is 3.22. The first-order valence-electron chi connectivity index (χ1n) is 8.58. The second kappa shape index (κ2) is 7.48. The number of benzene rings is 1. The fraction of sp³-hybridized carbons (Fsp3) is 0.353. The van der Waals surface area contributed by atoms with Gasteiger partial charge in [0.05, 0.1) is 12.9 Å². The third-order valence-electron chi connectivity index (χ3n) is 4.58. The lowest BCUT2D eigenvalue weighted by atomic mass is 10.1. The maximum absolute atomic E-state index is 13.3. The Morgan fingerprint density at radius 3 is 2.48 bits per heavy atom. The summed E-state index contributed by atoms with van der Waals surface area (Å²) >= 11 is 0. The molecule has 0 unspecified atom stereocenters. The molecular weight excluding hydrogens is 392 g/mol. The normalized spacial score (nSPS) is 24.3. The van der Waals surface area contributed by atoms with Crippen LogP contribution in [0.25, 0.3) is 11.2 Å². The number of aromatic nitrogens is 4. The summed E-state index contributed by atoms with van der Waals surface area (Å²) in [5.41, 5.74) is 0.320. The number of ether oxygens (including phenoxy) is 1. The van der Waals surface area contributed by atoms with Gasteiger partial charge in [0.1, 0.15) is 42.9 Å². The minimum atomic E-state index is -1.33. The van der Waals surface area contributed by atoms with Gasteiger partial charge in [0, 0.05) is 6.07 Å². The second-order valence-corrected chi connectivity index (χ2v) is 6.52. The molecule has 4 atom stereocenters. The van der Waals surface area contributed by atoms with Crippen LogP contribution in [-0.2, 0) is 11.3 Å². The SMILES string of the molecule is N=c1c2ncn([C@@H]3O[C@H](CO)[C@@H](O)[C@H]3O)c2ncn1OCc1cc(F)cc(F)c1. The summed E-state index contributed by atoms with van der Waals surface area (Å²) in [7, 11) is 0. The predicted octanol–water partition coefficient (Wildman–Crippen LogP) is -0.769. The van der Waals surface area contributed by atoms with Crippen LogP contribution >= 0.6 is 0 Å². The number of halogens is 2. The van der Waals surface area contributed by atoms with Gasteiger partial charge in [-0.15, -0.1) is 0 Å². The van der Waals surface area contributed by atoms with E-state index in [4.69, 9.17) is 15.0 Å². The summed E-state index contributed by atoms with van der Waals surface area (Å²) in [6.45, 7) is -0.694. The molecule has 4 rings (SSSR count). The van der Waals surface area contributed by atoms with Crippen molar-refractivity contribution in [1.82, 2.24) is 19.3 Å². The van der Waals surface area contributed by atoms with E-state index in [-0.39, 0.29) is 28.8 Å². The molecule has 0 radical (unpaired) electrons. The van der Waals surface area contributed by atoms with Gasteiger partial charge in [0.25, 0.3) is 0 Å². The zero-order valence-corrected chi connectivity index (χ0v) is 14.8. The Balaban J connectivity index is 1.60. The van der Waals surface area contributed by atoms with Crippen LogP contribution in [0.3, 0.4) is 0 Å². The third kappa shape index (κ3) is 3.46. The Bertz CT molecular complexity index is 1080. The van der Waals surface area contributed by atoms with E-state index in [0.29, 0.717) is 0 Å². The molecule has 10 nitrogen and oxygen atoms in total. The van der Waals surface area contributed by atoms with Crippen molar-refractivity contribution in [3.05, 3.63) is 53.5 Å². The van der Waals surface area contributed by atoms with Crippen molar-refractivity contribution in [3.8, 4) is 0 Å². The van der Waals surface area contributed by atoms with Crippen LogP contribution in [0.4, 0.5) is 8.78 Å². The Morgan fingerprint density at radius 2 is 1.83 bits per heavy atom. The first-order valence-corrected chi connectivity index (χ1v) is 8.58. The standard InChI is InChI=1S/C17H17F2N5O5/c18-9-1-8(2-10(19)3-9)5-28-24-7-22-16-12(15(24)20)21-6-23(16)17-14(27)13(26)11(4-25)29-17/h1-3,6-7,11,13-14,17,20,25-27H,4-5H2/t11-,13-,14-,17-/m1/s1. The molecule has 4 N–H and O–H groups in total. The number of rotatable bonds is 5. The highest BCUT2D eigenvalue weighted by molar-refractivity contribution is 5.68. The van der Waals surface area contributed by atoms with E-state index in [2.05, 4.69) is 9.97 Å². The first-order chi connectivity index (χ1) is 13.9. The van der Waals surface area contributed by atoms with Crippen molar-refractivity contribution in [2.24, 2.45) is 0 Å². The molecule has 2 aromatic heterocycles. The highest BCUT2D eigenvalue weighted by Gasteiger charge is 2.44. The molecule has 0 bridgehead atoms. The van der Waals surface area contributed by atoms with E-state index >= 15 is 0 Å². The number of fused-ring (bicyclic) bond motifs is 1. The van der Waals surface area contributed by atoms with E-state index < -0.39 is 42.8 Å². The molecule has 3 aromatic rings. The van der Waals surface area contributed by atoms with Gasteiger partial charge in [-0.25, -0.2) is 18.7 Å². The number of aliphatic hydroxyl groups is 3.